The van der Waals surface area contributed by atoms with Crippen molar-refractivity contribution in [2.75, 3.05) is 7.05 Å². The summed E-state index contributed by atoms with van der Waals surface area (Å²) in [4.78, 5) is 25.5. The molecule has 1 aromatic rings. The molecule has 1 rings (SSSR count). The maximum absolute atomic E-state index is 12.4. The van der Waals surface area contributed by atoms with Crippen LogP contribution in [0.1, 0.15) is 46.6 Å². The summed E-state index contributed by atoms with van der Waals surface area (Å²) in [7, 11) is 1.69. The summed E-state index contributed by atoms with van der Waals surface area (Å²) in [6.45, 7) is 8.99. The fourth-order valence-electron chi connectivity index (χ4n) is 2.18. The van der Waals surface area contributed by atoms with E-state index in [0.29, 0.717) is 0 Å². The third-order valence-corrected chi connectivity index (χ3v) is 4.12. The molecule has 5 heteroatoms. The molecule has 0 fully saturated rings. The number of amides is 1. The van der Waals surface area contributed by atoms with Crippen molar-refractivity contribution in [2.24, 2.45) is 5.92 Å². The molecular formula is C18H27NO4. The van der Waals surface area contributed by atoms with E-state index in [0.717, 1.165) is 12.0 Å². The highest BCUT2D eigenvalue weighted by atomic mass is 16.7. The van der Waals surface area contributed by atoms with E-state index in [9.17, 15) is 9.59 Å². The van der Waals surface area contributed by atoms with Crippen LogP contribution >= 0.6 is 0 Å². The zero-order valence-electron chi connectivity index (χ0n) is 14.8. The summed E-state index contributed by atoms with van der Waals surface area (Å²) in [5.41, 5.74) is 0.522. The maximum atomic E-state index is 12.4. The van der Waals surface area contributed by atoms with Gasteiger partial charge in [-0.25, -0.2) is 4.79 Å². The van der Waals surface area contributed by atoms with Crippen LogP contribution in [0.3, 0.4) is 0 Å². The molecule has 0 saturated carbocycles. The Morgan fingerprint density at radius 1 is 1.13 bits per heavy atom. The molecule has 0 heterocycles. The fourth-order valence-corrected chi connectivity index (χ4v) is 2.18. The van der Waals surface area contributed by atoms with Crippen LogP contribution in [0.2, 0.25) is 0 Å². The van der Waals surface area contributed by atoms with Crippen molar-refractivity contribution in [3.63, 3.8) is 0 Å². The Labute approximate surface area is 138 Å². The molecule has 0 aliphatic carbocycles. The first kappa shape index (κ1) is 19.0. The highest BCUT2D eigenvalue weighted by molar-refractivity contribution is 5.72. The van der Waals surface area contributed by atoms with Gasteiger partial charge >= 0.3 is 12.1 Å². The van der Waals surface area contributed by atoms with Crippen molar-refractivity contribution >= 4 is 12.1 Å². The summed E-state index contributed by atoms with van der Waals surface area (Å²) < 4.78 is 10.3. The predicted molar refractivity (Wildman–Crippen MR) is 88.7 cm³/mol. The van der Waals surface area contributed by atoms with Gasteiger partial charge in [0.1, 0.15) is 0 Å². The van der Waals surface area contributed by atoms with Crippen LogP contribution in [0.5, 0.6) is 0 Å². The number of esters is 1. The molecule has 0 saturated heterocycles. The molecule has 5 nitrogen and oxygen atoms in total. The van der Waals surface area contributed by atoms with E-state index in [2.05, 4.69) is 0 Å². The number of nitrogens with zero attached hydrogens (tertiary/aromatic N) is 1. The second-order valence-electron chi connectivity index (χ2n) is 6.10. The van der Waals surface area contributed by atoms with Crippen LogP contribution in [-0.4, -0.2) is 30.3 Å². The first-order valence-corrected chi connectivity index (χ1v) is 7.92. The quantitative estimate of drug-likeness (QED) is 0.588. The molecule has 1 aromatic carbocycles. The van der Waals surface area contributed by atoms with E-state index in [1.54, 1.807) is 25.8 Å². The largest absolute Gasteiger partial charge is 0.425 e. The van der Waals surface area contributed by atoms with Crippen molar-refractivity contribution in [1.82, 2.24) is 4.90 Å². The molecule has 0 radical (unpaired) electrons. The SMILES string of the molecule is CCC(C)(c1ccccc1)N(C)C(=O)O[C@@H](C)OC(=O)C(C)C. The van der Waals surface area contributed by atoms with Gasteiger partial charge in [-0.05, 0) is 18.9 Å². The van der Waals surface area contributed by atoms with Crippen LogP contribution in [-0.2, 0) is 19.8 Å². The Kier molecular flexibility index (Phi) is 6.61. The van der Waals surface area contributed by atoms with E-state index >= 15 is 0 Å². The minimum absolute atomic E-state index is 0.265. The summed E-state index contributed by atoms with van der Waals surface area (Å²) in [6.07, 6.45) is -0.720. The number of hydrogen-bond acceptors (Lipinski definition) is 4. The van der Waals surface area contributed by atoms with E-state index < -0.39 is 23.9 Å². The number of hydrogen-bond donors (Lipinski definition) is 0. The smallest absolute Gasteiger partial charge is 0.413 e. The number of carbonyl (C=O) groups is 2. The number of rotatable bonds is 6. The number of benzene rings is 1. The minimum Gasteiger partial charge on any atom is -0.425 e. The van der Waals surface area contributed by atoms with Crippen molar-refractivity contribution in [1.29, 1.82) is 0 Å². The Bertz CT molecular complexity index is 529. The van der Waals surface area contributed by atoms with Gasteiger partial charge in [0, 0.05) is 14.0 Å². The van der Waals surface area contributed by atoms with E-state index in [-0.39, 0.29) is 5.92 Å². The van der Waals surface area contributed by atoms with Gasteiger partial charge in [0.25, 0.3) is 0 Å². The first-order valence-electron chi connectivity index (χ1n) is 7.92. The van der Waals surface area contributed by atoms with Gasteiger partial charge in [0.05, 0.1) is 11.5 Å². The standard InChI is InChI=1S/C18H27NO4/c1-7-18(5,15-11-9-8-10-12-15)19(6)17(21)23-14(4)22-16(20)13(2)3/h8-14H,7H2,1-6H3/t14-,18?/m0/s1. The topological polar surface area (TPSA) is 55.8 Å². The van der Waals surface area contributed by atoms with Crippen molar-refractivity contribution in [3.05, 3.63) is 35.9 Å². The molecule has 0 bridgehead atoms. The van der Waals surface area contributed by atoms with Crippen LogP contribution in [0.25, 0.3) is 0 Å². The van der Waals surface area contributed by atoms with Crippen molar-refractivity contribution < 1.29 is 19.1 Å². The third-order valence-electron chi connectivity index (χ3n) is 4.12. The molecule has 0 aromatic heterocycles. The Morgan fingerprint density at radius 3 is 2.17 bits per heavy atom. The maximum Gasteiger partial charge on any atom is 0.413 e. The van der Waals surface area contributed by atoms with Gasteiger partial charge < -0.3 is 14.4 Å². The average Bonchev–Trinajstić information content (AvgIpc) is 2.53. The fraction of sp³-hybridized carbons (Fsp3) is 0.556. The van der Waals surface area contributed by atoms with Gasteiger partial charge in [-0.2, -0.15) is 0 Å². The van der Waals surface area contributed by atoms with Gasteiger partial charge in [-0.3, -0.25) is 4.79 Å². The summed E-state index contributed by atoms with van der Waals surface area (Å²) >= 11 is 0. The molecule has 1 unspecified atom stereocenters. The zero-order valence-corrected chi connectivity index (χ0v) is 14.8. The summed E-state index contributed by atoms with van der Waals surface area (Å²) in [6, 6.07) is 9.78. The molecule has 1 amide bonds. The van der Waals surface area contributed by atoms with Crippen LogP contribution in [0.15, 0.2) is 30.3 Å². The Hall–Kier alpha value is -2.04. The number of ether oxygens (including phenoxy) is 2. The first-order chi connectivity index (χ1) is 10.7. The Balaban J connectivity index is 2.80. The third kappa shape index (κ3) is 4.71. The lowest BCUT2D eigenvalue weighted by molar-refractivity contribution is -0.170. The molecule has 128 valence electrons. The van der Waals surface area contributed by atoms with Crippen LogP contribution < -0.4 is 0 Å². The predicted octanol–water partition coefficient (Wildman–Crippen LogP) is 3.93. The molecule has 0 N–H and O–H groups in total. The molecule has 23 heavy (non-hydrogen) atoms. The lowest BCUT2D eigenvalue weighted by atomic mass is 9.88. The lowest BCUT2D eigenvalue weighted by Crippen LogP contribution is -2.46. The summed E-state index contributed by atoms with van der Waals surface area (Å²) in [5.74, 6) is -0.659. The monoisotopic (exact) mass is 321 g/mol. The van der Waals surface area contributed by atoms with Crippen molar-refractivity contribution in [3.8, 4) is 0 Å². The van der Waals surface area contributed by atoms with Crippen molar-refractivity contribution in [2.45, 2.75) is 52.9 Å². The molecule has 0 spiro atoms. The highest BCUT2D eigenvalue weighted by Crippen LogP contribution is 2.31. The Morgan fingerprint density at radius 2 is 1.70 bits per heavy atom. The van der Waals surface area contributed by atoms with Crippen LogP contribution in [0, 0.1) is 5.92 Å². The molecule has 2 atom stereocenters. The second kappa shape index (κ2) is 7.99. The minimum atomic E-state index is -0.920. The normalized spacial score (nSPS) is 14.7. The van der Waals surface area contributed by atoms with Gasteiger partial charge in [-0.1, -0.05) is 51.1 Å². The molecule has 0 aliphatic rings. The van der Waals surface area contributed by atoms with E-state index in [1.807, 2.05) is 44.2 Å². The van der Waals surface area contributed by atoms with E-state index in [1.165, 1.54) is 6.92 Å². The van der Waals surface area contributed by atoms with Gasteiger partial charge in [-0.15, -0.1) is 0 Å². The van der Waals surface area contributed by atoms with Crippen LogP contribution in [0.4, 0.5) is 4.79 Å². The van der Waals surface area contributed by atoms with Gasteiger partial charge in [0.15, 0.2) is 0 Å². The zero-order chi connectivity index (χ0) is 17.6. The van der Waals surface area contributed by atoms with E-state index in [4.69, 9.17) is 9.47 Å². The molecular weight excluding hydrogens is 294 g/mol. The second-order valence-corrected chi connectivity index (χ2v) is 6.10. The lowest BCUT2D eigenvalue weighted by Gasteiger charge is -2.38. The number of carbonyl (C=O) groups excluding carboxylic acids is 2. The molecule has 0 aliphatic heterocycles. The van der Waals surface area contributed by atoms with Gasteiger partial charge in [0.2, 0.25) is 6.29 Å². The summed E-state index contributed by atoms with van der Waals surface area (Å²) in [5, 5.41) is 0. The highest BCUT2D eigenvalue weighted by Gasteiger charge is 2.34. The average molecular weight is 321 g/mol.